The number of methoxy groups -OCH3 is 2. The van der Waals surface area contributed by atoms with Gasteiger partial charge in [-0.25, -0.2) is 23.4 Å². The molecule has 2 aromatic rings. The Labute approximate surface area is 245 Å². The van der Waals surface area contributed by atoms with Crippen molar-refractivity contribution in [2.75, 3.05) is 47.4 Å². The molecule has 2 unspecified atom stereocenters. The highest BCUT2D eigenvalue weighted by Gasteiger charge is 2.41. The third-order valence-corrected chi connectivity index (χ3v) is 8.61. The molecule has 1 aromatic heterocycles. The number of amidine groups is 1. The highest BCUT2D eigenvalue weighted by atomic mass is 32.1. The summed E-state index contributed by atoms with van der Waals surface area (Å²) < 4.78 is 39.0. The number of urea groups is 1. The van der Waals surface area contributed by atoms with E-state index in [1.165, 1.54) is 38.5 Å². The average molecular weight is 603 g/mol. The largest absolute Gasteiger partial charge is 0.468 e. The molecular formula is C28H32F2N6O5S. The number of carbonyl (C=O) groups excluding carboxylic acids is 3. The van der Waals surface area contributed by atoms with E-state index in [1.54, 1.807) is 28.4 Å². The van der Waals surface area contributed by atoms with Crippen molar-refractivity contribution in [3.05, 3.63) is 62.7 Å². The van der Waals surface area contributed by atoms with Gasteiger partial charge in [-0.1, -0.05) is 6.07 Å². The molecule has 1 saturated carbocycles. The Hall–Kier alpha value is -3.91. The first kappa shape index (κ1) is 29.6. The lowest BCUT2D eigenvalue weighted by atomic mass is 9.91. The number of esters is 2. The summed E-state index contributed by atoms with van der Waals surface area (Å²) in [5, 5.41) is 5.47. The summed E-state index contributed by atoms with van der Waals surface area (Å²) >= 11 is 1.31. The van der Waals surface area contributed by atoms with Gasteiger partial charge in [-0.05, 0) is 37.0 Å². The Morgan fingerprint density at radius 2 is 1.93 bits per heavy atom. The zero-order valence-electron chi connectivity index (χ0n) is 23.7. The third-order valence-electron chi connectivity index (χ3n) is 7.83. The first-order chi connectivity index (χ1) is 20.1. The molecule has 11 nitrogen and oxygen atoms in total. The molecule has 0 spiro atoms. The van der Waals surface area contributed by atoms with E-state index in [4.69, 9.17) is 14.5 Å². The molecule has 0 radical (unpaired) electrons. The number of aromatic nitrogens is 1. The predicted molar refractivity (Wildman–Crippen MR) is 150 cm³/mol. The number of piperazine rings is 1. The van der Waals surface area contributed by atoms with Crippen LogP contribution >= 0.6 is 11.3 Å². The quantitative estimate of drug-likeness (QED) is 0.481. The Bertz CT molecular complexity index is 1440. The first-order valence-electron chi connectivity index (χ1n) is 13.5. The fraction of sp³-hybridized carbons (Fsp3) is 0.464. The monoisotopic (exact) mass is 602 g/mol. The van der Waals surface area contributed by atoms with Crippen LogP contribution in [0.15, 0.2) is 40.0 Å². The van der Waals surface area contributed by atoms with Crippen LogP contribution in [0.2, 0.25) is 0 Å². The van der Waals surface area contributed by atoms with Crippen LogP contribution in [-0.2, 0) is 19.1 Å². The number of ether oxygens (including phenoxy) is 2. The lowest BCUT2D eigenvalue weighted by molar-refractivity contribution is -0.148. The maximum Gasteiger partial charge on any atom is 0.338 e. The first-order valence-corrected chi connectivity index (χ1v) is 14.4. The predicted octanol–water partition coefficient (Wildman–Crippen LogP) is 2.62. The number of aliphatic imine (C=N–C) groups is 1. The van der Waals surface area contributed by atoms with Crippen LogP contribution in [0.3, 0.4) is 0 Å². The summed E-state index contributed by atoms with van der Waals surface area (Å²) in [6, 6.07) is 0.587. The second-order valence-electron chi connectivity index (χ2n) is 10.4. The van der Waals surface area contributed by atoms with E-state index in [-0.39, 0.29) is 41.9 Å². The number of thiazole rings is 1. The van der Waals surface area contributed by atoms with E-state index in [9.17, 15) is 23.2 Å². The summed E-state index contributed by atoms with van der Waals surface area (Å²) in [6.45, 7) is 2.23. The van der Waals surface area contributed by atoms with E-state index < -0.39 is 35.7 Å². The number of halogens is 2. The molecule has 3 aliphatic rings. The van der Waals surface area contributed by atoms with E-state index in [2.05, 4.69) is 10.3 Å². The molecule has 2 fully saturated rings. The fourth-order valence-corrected chi connectivity index (χ4v) is 5.88. The zero-order valence-corrected chi connectivity index (χ0v) is 24.5. The Morgan fingerprint density at radius 3 is 2.57 bits per heavy atom. The SMILES string of the molecule is COC(=O)C1=C(CN2CCN(C(=O)N(C)C3CC3)CC2C(=O)OC)NC(c2nccs2)=NC1c1ccc(F)c(F)c1C. The van der Waals surface area contributed by atoms with Crippen molar-refractivity contribution >= 4 is 35.1 Å². The second kappa shape index (κ2) is 12.1. The zero-order chi connectivity index (χ0) is 30.1. The third kappa shape index (κ3) is 5.73. The maximum absolute atomic E-state index is 14.7. The van der Waals surface area contributed by atoms with Crippen molar-refractivity contribution in [3.63, 3.8) is 0 Å². The molecule has 14 heteroatoms. The smallest absolute Gasteiger partial charge is 0.338 e. The Balaban J connectivity index is 1.53. The van der Waals surface area contributed by atoms with Gasteiger partial charge in [0.05, 0.1) is 19.8 Å². The van der Waals surface area contributed by atoms with Gasteiger partial charge in [-0.3, -0.25) is 14.7 Å². The van der Waals surface area contributed by atoms with Gasteiger partial charge in [0.15, 0.2) is 22.5 Å². The molecule has 2 atom stereocenters. The van der Waals surface area contributed by atoms with Crippen LogP contribution in [0, 0.1) is 18.6 Å². The normalized spacial score (nSPS) is 21.0. The van der Waals surface area contributed by atoms with Gasteiger partial charge in [0.1, 0.15) is 12.1 Å². The Morgan fingerprint density at radius 1 is 1.17 bits per heavy atom. The molecule has 1 N–H and O–H groups in total. The van der Waals surface area contributed by atoms with Gasteiger partial charge >= 0.3 is 18.0 Å². The number of amides is 2. The van der Waals surface area contributed by atoms with Crippen molar-refractivity contribution in [2.45, 2.75) is 37.9 Å². The number of carbonyl (C=O) groups is 3. The van der Waals surface area contributed by atoms with Crippen molar-refractivity contribution in [1.82, 2.24) is 25.0 Å². The Kier molecular flexibility index (Phi) is 8.55. The van der Waals surface area contributed by atoms with E-state index >= 15 is 0 Å². The molecule has 42 heavy (non-hydrogen) atoms. The molecular weight excluding hydrogens is 570 g/mol. The van der Waals surface area contributed by atoms with Crippen molar-refractivity contribution in [3.8, 4) is 0 Å². The number of benzene rings is 1. The molecule has 3 heterocycles. The maximum atomic E-state index is 14.7. The van der Waals surface area contributed by atoms with Crippen LogP contribution in [0.4, 0.5) is 13.6 Å². The van der Waals surface area contributed by atoms with Gasteiger partial charge in [-0.2, -0.15) is 0 Å². The van der Waals surface area contributed by atoms with Crippen molar-refractivity contribution in [2.24, 2.45) is 4.99 Å². The van der Waals surface area contributed by atoms with E-state index in [1.807, 2.05) is 4.90 Å². The summed E-state index contributed by atoms with van der Waals surface area (Å²) in [5.74, 6) is -2.97. The average Bonchev–Trinajstić information content (AvgIpc) is 3.71. The number of nitrogens with zero attached hydrogens (tertiary/aromatic N) is 5. The summed E-state index contributed by atoms with van der Waals surface area (Å²) in [7, 11) is 4.27. The fourth-order valence-electron chi connectivity index (χ4n) is 5.30. The molecule has 5 rings (SSSR count). The highest BCUT2D eigenvalue weighted by Crippen LogP contribution is 2.36. The summed E-state index contributed by atoms with van der Waals surface area (Å²) in [6.07, 6.45) is 3.52. The van der Waals surface area contributed by atoms with Crippen molar-refractivity contribution < 1.29 is 32.6 Å². The summed E-state index contributed by atoms with van der Waals surface area (Å²) in [4.78, 5) is 53.5. The van der Waals surface area contributed by atoms with Crippen LogP contribution in [0.1, 0.15) is 35.0 Å². The van der Waals surface area contributed by atoms with Crippen LogP contribution in [0.5, 0.6) is 0 Å². The molecule has 0 bridgehead atoms. The minimum atomic E-state index is -1.05. The lowest BCUT2D eigenvalue weighted by Crippen LogP contribution is -2.60. The molecule has 2 amide bonds. The van der Waals surface area contributed by atoms with E-state index in [0.717, 1.165) is 18.9 Å². The highest BCUT2D eigenvalue weighted by molar-refractivity contribution is 7.11. The summed E-state index contributed by atoms with van der Waals surface area (Å²) in [5.41, 5.74) is 0.733. The minimum Gasteiger partial charge on any atom is -0.468 e. The molecule has 1 aliphatic carbocycles. The number of hydrogen-bond donors (Lipinski definition) is 1. The second-order valence-corrected chi connectivity index (χ2v) is 11.3. The van der Waals surface area contributed by atoms with E-state index in [0.29, 0.717) is 29.6 Å². The minimum absolute atomic E-state index is 0.00392. The molecule has 224 valence electrons. The molecule has 2 aliphatic heterocycles. The van der Waals surface area contributed by atoms with Gasteiger partial charge in [0, 0.05) is 56.5 Å². The number of rotatable bonds is 7. The standard InChI is InChI=1S/C28H32F2N6O5S/c1-15-17(7-8-18(29)22(15)30)23-21(27(38)41-4)19(32-24(33-23)25-31-9-12-42-25)13-35-10-11-36(14-20(35)26(37)40-3)28(39)34(2)16-5-6-16/h7-9,12,16,20,23H,5-6,10-11,13-14H2,1-4H3,(H,32,33). The van der Waals surface area contributed by atoms with Gasteiger partial charge in [0.2, 0.25) is 0 Å². The molecule has 1 aromatic carbocycles. The topological polar surface area (TPSA) is 117 Å². The van der Waals surface area contributed by atoms with Crippen LogP contribution in [0.25, 0.3) is 0 Å². The van der Waals surface area contributed by atoms with Gasteiger partial charge in [0.25, 0.3) is 0 Å². The lowest BCUT2D eigenvalue weighted by Gasteiger charge is -2.42. The van der Waals surface area contributed by atoms with Crippen LogP contribution < -0.4 is 5.32 Å². The van der Waals surface area contributed by atoms with Gasteiger partial charge in [-0.15, -0.1) is 11.3 Å². The molecule has 1 saturated heterocycles. The van der Waals surface area contributed by atoms with Crippen LogP contribution in [-0.4, -0.2) is 103 Å². The number of hydrogen-bond acceptors (Lipinski definition) is 10. The van der Waals surface area contributed by atoms with Crippen molar-refractivity contribution in [1.29, 1.82) is 0 Å². The number of nitrogens with one attached hydrogen (secondary N) is 1. The van der Waals surface area contributed by atoms with Gasteiger partial charge < -0.3 is 24.6 Å².